The van der Waals surface area contributed by atoms with Crippen LogP contribution in [0, 0.1) is 13.8 Å². The number of nitrogens with zero attached hydrogens (tertiary/aromatic N) is 2. The summed E-state index contributed by atoms with van der Waals surface area (Å²) in [6, 6.07) is 4.41. The van der Waals surface area contributed by atoms with Gasteiger partial charge in [-0.2, -0.15) is 0 Å². The highest BCUT2D eigenvalue weighted by Gasteiger charge is 2.19. The van der Waals surface area contributed by atoms with Gasteiger partial charge in [0.15, 0.2) is 0 Å². The maximum Gasteiger partial charge on any atom is 0.248 e. The summed E-state index contributed by atoms with van der Waals surface area (Å²) in [5.74, 6) is 1.19. The van der Waals surface area contributed by atoms with E-state index in [-0.39, 0.29) is 5.41 Å². The van der Waals surface area contributed by atoms with E-state index in [2.05, 4.69) is 56.9 Å². The van der Waals surface area contributed by atoms with E-state index >= 15 is 0 Å². The van der Waals surface area contributed by atoms with E-state index in [9.17, 15) is 0 Å². The zero-order valence-electron chi connectivity index (χ0n) is 12.9. The van der Waals surface area contributed by atoms with E-state index in [0.717, 1.165) is 16.7 Å². The summed E-state index contributed by atoms with van der Waals surface area (Å²) in [5.41, 5.74) is 10.3. The molecule has 0 aliphatic carbocycles. The molecule has 0 aliphatic rings. The van der Waals surface area contributed by atoms with Gasteiger partial charge in [-0.05, 0) is 36.0 Å². The zero-order chi connectivity index (χ0) is 14.9. The van der Waals surface area contributed by atoms with E-state index in [1.807, 2.05) is 0 Å². The van der Waals surface area contributed by atoms with Crippen LogP contribution in [0.4, 0.5) is 0 Å². The molecule has 2 aromatic rings. The number of benzene rings is 1. The molecule has 0 radical (unpaired) electrons. The lowest BCUT2D eigenvalue weighted by molar-refractivity contribution is 0.506. The van der Waals surface area contributed by atoms with Crippen LogP contribution in [0.15, 0.2) is 16.5 Å². The molecular formula is C16H23N3O. The first-order chi connectivity index (χ1) is 9.32. The quantitative estimate of drug-likeness (QED) is 0.933. The van der Waals surface area contributed by atoms with Crippen LogP contribution in [0.2, 0.25) is 0 Å². The topological polar surface area (TPSA) is 64.9 Å². The number of nitrogens with two attached hydrogens (primary N) is 1. The molecule has 0 spiro atoms. The van der Waals surface area contributed by atoms with Crippen molar-refractivity contribution in [2.24, 2.45) is 5.73 Å². The average molecular weight is 273 g/mol. The van der Waals surface area contributed by atoms with Crippen molar-refractivity contribution in [2.75, 3.05) is 6.54 Å². The lowest BCUT2D eigenvalue weighted by Crippen LogP contribution is -2.12. The Morgan fingerprint density at radius 1 is 1.10 bits per heavy atom. The molecule has 4 nitrogen and oxygen atoms in total. The Morgan fingerprint density at radius 3 is 2.20 bits per heavy atom. The molecule has 0 saturated heterocycles. The molecule has 1 heterocycles. The number of aromatic nitrogens is 2. The van der Waals surface area contributed by atoms with Crippen LogP contribution in [-0.4, -0.2) is 16.7 Å². The van der Waals surface area contributed by atoms with Crippen molar-refractivity contribution in [3.63, 3.8) is 0 Å². The summed E-state index contributed by atoms with van der Waals surface area (Å²) in [4.78, 5) is 0. The smallest absolute Gasteiger partial charge is 0.248 e. The van der Waals surface area contributed by atoms with Gasteiger partial charge in [-0.25, -0.2) is 0 Å². The van der Waals surface area contributed by atoms with Crippen molar-refractivity contribution in [1.82, 2.24) is 10.2 Å². The van der Waals surface area contributed by atoms with Crippen LogP contribution in [0.25, 0.3) is 11.5 Å². The second kappa shape index (κ2) is 5.37. The van der Waals surface area contributed by atoms with Crippen LogP contribution in [0.5, 0.6) is 0 Å². The normalized spacial score (nSPS) is 11.9. The highest BCUT2D eigenvalue weighted by molar-refractivity contribution is 5.64. The average Bonchev–Trinajstić information content (AvgIpc) is 2.76. The summed E-state index contributed by atoms with van der Waals surface area (Å²) in [6.45, 7) is 11.3. The third-order valence-electron chi connectivity index (χ3n) is 3.44. The molecule has 1 aromatic heterocycles. The molecule has 0 saturated carbocycles. The number of rotatable bonds is 3. The van der Waals surface area contributed by atoms with Gasteiger partial charge in [-0.3, -0.25) is 0 Å². The van der Waals surface area contributed by atoms with Crippen molar-refractivity contribution in [2.45, 2.75) is 46.5 Å². The predicted molar refractivity (Wildman–Crippen MR) is 80.7 cm³/mol. The second-order valence-corrected chi connectivity index (χ2v) is 6.27. The maximum atomic E-state index is 5.70. The fourth-order valence-corrected chi connectivity index (χ4v) is 2.31. The Labute approximate surface area is 120 Å². The van der Waals surface area contributed by atoms with Crippen molar-refractivity contribution < 1.29 is 4.42 Å². The summed E-state index contributed by atoms with van der Waals surface area (Å²) in [7, 11) is 0. The first kappa shape index (κ1) is 14.7. The van der Waals surface area contributed by atoms with Crippen molar-refractivity contribution in [3.05, 3.63) is 34.7 Å². The fraction of sp³-hybridized carbons (Fsp3) is 0.500. The summed E-state index contributed by atoms with van der Waals surface area (Å²) in [5, 5.41) is 8.19. The minimum atomic E-state index is 0.133. The van der Waals surface area contributed by atoms with Gasteiger partial charge >= 0.3 is 0 Å². The molecule has 4 heteroatoms. The SMILES string of the molecule is Cc1cc(C(C)(C)C)cc(C)c1-c1nnc(CCN)o1. The minimum Gasteiger partial charge on any atom is -0.421 e. The largest absolute Gasteiger partial charge is 0.421 e. The van der Waals surface area contributed by atoms with Gasteiger partial charge in [0, 0.05) is 18.5 Å². The van der Waals surface area contributed by atoms with E-state index in [0.29, 0.717) is 24.7 Å². The molecule has 2 N–H and O–H groups in total. The predicted octanol–water partition coefficient (Wildman–Crippen LogP) is 3.15. The standard InChI is InChI=1S/C16H23N3O/c1-10-8-12(16(3,4)5)9-11(2)14(10)15-19-18-13(20-15)6-7-17/h8-9H,6-7,17H2,1-5H3. The third-order valence-corrected chi connectivity index (χ3v) is 3.44. The molecule has 0 unspecified atom stereocenters. The van der Waals surface area contributed by atoms with E-state index in [1.54, 1.807) is 0 Å². The van der Waals surface area contributed by atoms with Crippen LogP contribution in [0.1, 0.15) is 43.4 Å². The summed E-state index contributed by atoms with van der Waals surface area (Å²) < 4.78 is 5.70. The molecule has 20 heavy (non-hydrogen) atoms. The van der Waals surface area contributed by atoms with Gasteiger partial charge in [0.05, 0.1) is 0 Å². The highest BCUT2D eigenvalue weighted by Crippen LogP contribution is 2.32. The van der Waals surface area contributed by atoms with E-state index in [4.69, 9.17) is 10.2 Å². The van der Waals surface area contributed by atoms with Crippen molar-refractivity contribution in [3.8, 4) is 11.5 Å². The number of aryl methyl sites for hydroxylation is 2. The first-order valence-electron chi connectivity index (χ1n) is 6.97. The summed E-state index contributed by atoms with van der Waals surface area (Å²) >= 11 is 0. The molecule has 0 atom stereocenters. The fourth-order valence-electron chi connectivity index (χ4n) is 2.31. The van der Waals surface area contributed by atoms with Gasteiger partial charge in [0.25, 0.3) is 0 Å². The molecular weight excluding hydrogens is 250 g/mol. The zero-order valence-corrected chi connectivity index (χ0v) is 12.9. The van der Waals surface area contributed by atoms with Crippen LogP contribution < -0.4 is 5.73 Å². The molecule has 108 valence electrons. The second-order valence-electron chi connectivity index (χ2n) is 6.27. The molecule has 2 rings (SSSR count). The van der Waals surface area contributed by atoms with Crippen molar-refractivity contribution >= 4 is 0 Å². The maximum absolute atomic E-state index is 5.70. The lowest BCUT2D eigenvalue weighted by atomic mass is 9.84. The van der Waals surface area contributed by atoms with Gasteiger partial charge < -0.3 is 10.2 Å². The van der Waals surface area contributed by atoms with Gasteiger partial charge in [0.2, 0.25) is 11.8 Å². The number of hydrogen-bond acceptors (Lipinski definition) is 4. The highest BCUT2D eigenvalue weighted by atomic mass is 16.4. The van der Waals surface area contributed by atoms with Crippen LogP contribution in [0.3, 0.4) is 0 Å². The molecule has 0 aliphatic heterocycles. The molecule has 0 bridgehead atoms. The van der Waals surface area contributed by atoms with Crippen LogP contribution >= 0.6 is 0 Å². The Morgan fingerprint density at radius 2 is 1.70 bits per heavy atom. The van der Waals surface area contributed by atoms with Crippen LogP contribution in [-0.2, 0) is 11.8 Å². The molecule has 1 aromatic carbocycles. The van der Waals surface area contributed by atoms with Gasteiger partial charge in [0.1, 0.15) is 0 Å². The minimum absolute atomic E-state index is 0.133. The Balaban J connectivity index is 2.46. The van der Waals surface area contributed by atoms with Gasteiger partial charge in [-0.15, -0.1) is 10.2 Å². The molecule has 0 fully saturated rings. The van der Waals surface area contributed by atoms with Gasteiger partial charge in [-0.1, -0.05) is 32.9 Å². The Bertz CT molecular complexity index is 585. The summed E-state index contributed by atoms with van der Waals surface area (Å²) in [6.07, 6.45) is 0.616. The van der Waals surface area contributed by atoms with E-state index in [1.165, 1.54) is 5.56 Å². The van der Waals surface area contributed by atoms with Crippen molar-refractivity contribution in [1.29, 1.82) is 0 Å². The Kier molecular flexibility index (Phi) is 3.95. The lowest BCUT2D eigenvalue weighted by Gasteiger charge is -2.21. The monoisotopic (exact) mass is 273 g/mol. The number of hydrogen-bond donors (Lipinski definition) is 1. The Hall–Kier alpha value is -1.68. The van der Waals surface area contributed by atoms with E-state index < -0.39 is 0 Å². The third kappa shape index (κ3) is 2.90. The first-order valence-corrected chi connectivity index (χ1v) is 6.97. The molecule has 0 amide bonds.